The predicted molar refractivity (Wildman–Crippen MR) is 153 cm³/mol. The van der Waals surface area contributed by atoms with Crippen molar-refractivity contribution >= 4 is 28.5 Å². The van der Waals surface area contributed by atoms with Crippen LogP contribution in [-0.2, 0) is 0 Å². The van der Waals surface area contributed by atoms with Gasteiger partial charge in [-0.1, -0.05) is 55.5 Å². The van der Waals surface area contributed by atoms with Gasteiger partial charge in [-0.2, -0.15) is 5.10 Å². The number of rotatable bonds is 8. The highest BCUT2D eigenvalue weighted by Crippen LogP contribution is 2.40. The summed E-state index contributed by atoms with van der Waals surface area (Å²) in [5.74, 6) is 2.77. The van der Waals surface area contributed by atoms with Gasteiger partial charge >= 0.3 is 0 Å². The van der Waals surface area contributed by atoms with Gasteiger partial charge in [-0.3, -0.25) is 0 Å². The Kier molecular flexibility index (Phi) is 7.22. The van der Waals surface area contributed by atoms with Crippen molar-refractivity contribution in [2.75, 3.05) is 18.2 Å². The second kappa shape index (κ2) is 10.9. The van der Waals surface area contributed by atoms with Gasteiger partial charge in [-0.05, 0) is 79.9 Å². The van der Waals surface area contributed by atoms with Gasteiger partial charge in [0.05, 0.1) is 30.5 Å². The molecule has 0 aliphatic carbocycles. The Morgan fingerprint density at radius 2 is 1.49 bits per heavy atom. The second-order valence-electron chi connectivity index (χ2n) is 9.25. The standard InChI is InChI=1S/C32H33N3O2/c1-5-36-26-16-11-24(12-17-26)13-20-29-23(4)32(25-14-18-27(19-15-25)37-6-2)35(34-29)31-21-22(3)28-9-7-8-10-30(28)33-31/h7-21,23,32H,5-6H2,1-4H3. The van der Waals surface area contributed by atoms with Crippen molar-refractivity contribution in [3.05, 3.63) is 102 Å². The number of benzene rings is 3. The van der Waals surface area contributed by atoms with Gasteiger partial charge in [0.15, 0.2) is 0 Å². The number of allylic oxidation sites excluding steroid dienone is 1. The zero-order valence-electron chi connectivity index (χ0n) is 21.9. The lowest BCUT2D eigenvalue weighted by atomic mass is 9.91. The average molecular weight is 492 g/mol. The van der Waals surface area contributed by atoms with Crippen LogP contribution in [0.1, 0.15) is 43.5 Å². The number of aromatic nitrogens is 1. The number of aryl methyl sites for hydroxylation is 1. The van der Waals surface area contributed by atoms with Crippen LogP contribution in [0.15, 0.2) is 90.0 Å². The fourth-order valence-corrected chi connectivity index (χ4v) is 4.86. The molecule has 0 radical (unpaired) electrons. The highest BCUT2D eigenvalue weighted by atomic mass is 16.5. The van der Waals surface area contributed by atoms with Gasteiger partial charge in [0.2, 0.25) is 0 Å². The quantitative estimate of drug-likeness (QED) is 0.254. The lowest BCUT2D eigenvalue weighted by Gasteiger charge is -2.26. The summed E-state index contributed by atoms with van der Waals surface area (Å²) in [6.07, 6.45) is 4.23. The van der Waals surface area contributed by atoms with Crippen LogP contribution < -0.4 is 14.5 Å². The average Bonchev–Trinajstić information content (AvgIpc) is 3.25. The fourth-order valence-electron chi connectivity index (χ4n) is 4.86. The number of nitrogens with zero attached hydrogens (tertiary/aromatic N) is 3. The molecule has 2 unspecified atom stereocenters. The molecule has 5 heteroatoms. The number of pyridine rings is 1. The summed E-state index contributed by atoms with van der Waals surface area (Å²) >= 11 is 0. The van der Waals surface area contributed by atoms with Crippen molar-refractivity contribution in [3.8, 4) is 11.5 Å². The van der Waals surface area contributed by atoms with Crippen LogP contribution in [0.4, 0.5) is 5.82 Å². The van der Waals surface area contributed by atoms with Crippen LogP contribution in [-0.4, -0.2) is 23.9 Å². The van der Waals surface area contributed by atoms with Crippen LogP contribution in [0, 0.1) is 12.8 Å². The topological polar surface area (TPSA) is 47.0 Å². The summed E-state index contributed by atoms with van der Waals surface area (Å²) in [7, 11) is 0. The van der Waals surface area contributed by atoms with E-state index >= 15 is 0 Å². The van der Waals surface area contributed by atoms with E-state index in [0.717, 1.165) is 39.5 Å². The summed E-state index contributed by atoms with van der Waals surface area (Å²) in [5.41, 5.74) is 5.46. The maximum absolute atomic E-state index is 5.68. The van der Waals surface area contributed by atoms with E-state index in [-0.39, 0.29) is 12.0 Å². The summed E-state index contributed by atoms with van der Waals surface area (Å²) in [6.45, 7) is 9.67. The first kappa shape index (κ1) is 24.6. The smallest absolute Gasteiger partial charge is 0.150 e. The van der Waals surface area contributed by atoms with E-state index in [1.807, 2.05) is 44.2 Å². The van der Waals surface area contributed by atoms with Crippen LogP contribution in [0.25, 0.3) is 17.0 Å². The molecular weight excluding hydrogens is 458 g/mol. The summed E-state index contributed by atoms with van der Waals surface area (Å²) in [6, 6.07) is 26.9. The molecule has 0 bridgehead atoms. The molecular formula is C32H33N3O2. The van der Waals surface area contributed by atoms with E-state index in [1.165, 1.54) is 11.1 Å². The lowest BCUT2D eigenvalue weighted by molar-refractivity contribution is 0.340. The van der Waals surface area contributed by atoms with Crippen LogP contribution in [0.3, 0.4) is 0 Å². The predicted octanol–water partition coefficient (Wildman–Crippen LogP) is 7.61. The van der Waals surface area contributed by atoms with E-state index in [1.54, 1.807) is 0 Å². The Morgan fingerprint density at radius 3 is 2.16 bits per heavy atom. The van der Waals surface area contributed by atoms with Crippen LogP contribution in [0.2, 0.25) is 0 Å². The maximum Gasteiger partial charge on any atom is 0.150 e. The molecule has 3 aromatic carbocycles. The molecule has 1 aliphatic rings. The highest BCUT2D eigenvalue weighted by molar-refractivity contribution is 6.02. The monoisotopic (exact) mass is 491 g/mol. The minimum Gasteiger partial charge on any atom is -0.494 e. The third-order valence-corrected chi connectivity index (χ3v) is 6.74. The van der Waals surface area contributed by atoms with Crippen molar-refractivity contribution in [3.63, 3.8) is 0 Å². The number of ether oxygens (including phenoxy) is 2. The fraction of sp³-hybridized carbons (Fsp3) is 0.250. The van der Waals surface area contributed by atoms with Gasteiger partial charge in [0.1, 0.15) is 17.3 Å². The minimum atomic E-state index is 0.0173. The molecule has 0 amide bonds. The van der Waals surface area contributed by atoms with Gasteiger partial charge < -0.3 is 9.47 Å². The Labute approximate surface area is 219 Å². The molecule has 188 valence electrons. The summed E-state index contributed by atoms with van der Waals surface area (Å²) in [5, 5.41) is 8.35. The number of anilines is 1. The summed E-state index contributed by atoms with van der Waals surface area (Å²) < 4.78 is 11.3. The lowest BCUT2D eigenvalue weighted by Crippen LogP contribution is -2.24. The van der Waals surface area contributed by atoms with Gasteiger partial charge in [0, 0.05) is 11.3 Å². The van der Waals surface area contributed by atoms with Crippen molar-refractivity contribution in [2.24, 2.45) is 11.0 Å². The van der Waals surface area contributed by atoms with Gasteiger partial charge in [-0.15, -0.1) is 0 Å². The van der Waals surface area contributed by atoms with Gasteiger partial charge in [-0.25, -0.2) is 9.99 Å². The molecule has 0 spiro atoms. The number of hydrazone groups is 1. The molecule has 0 fully saturated rings. The number of hydrogen-bond donors (Lipinski definition) is 0. The molecule has 0 N–H and O–H groups in total. The number of hydrogen-bond acceptors (Lipinski definition) is 5. The molecule has 0 saturated carbocycles. The molecule has 0 saturated heterocycles. The molecule has 5 rings (SSSR count). The third kappa shape index (κ3) is 5.21. The SMILES string of the molecule is CCOc1ccc(C=CC2=NN(c3cc(C)c4ccccc4n3)C(c3ccc(OCC)cc3)C2C)cc1. The molecule has 2 heterocycles. The Morgan fingerprint density at radius 1 is 0.838 bits per heavy atom. The van der Waals surface area contributed by atoms with Gasteiger partial charge in [0.25, 0.3) is 0 Å². The van der Waals surface area contributed by atoms with E-state index in [0.29, 0.717) is 13.2 Å². The molecule has 1 aliphatic heterocycles. The van der Waals surface area contributed by atoms with Crippen molar-refractivity contribution < 1.29 is 9.47 Å². The molecule has 5 nitrogen and oxygen atoms in total. The maximum atomic E-state index is 5.68. The van der Waals surface area contributed by atoms with Crippen LogP contribution in [0.5, 0.6) is 11.5 Å². The zero-order chi connectivity index (χ0) is 25.8. The van der Waals surface area contributed by atoms with Crippen molar-refractivity contribution in [2.45, 2.75) is 33.7 Å². The second-order valence-corrected chi connectivity index (χ2v) is 9.25. The van der Waals surface area contributed by atoms with E-state index < -0.39 is 0 Å². The van der Waals surface area contributed by atoms with E-state index in [9.17, 15) is 0 Å². The number of fused-ring (bicyclic) bond motifs is 1. The Hall–Kier alpha value is -4.12. The Bertz CT molecular complexity index is 1430. The minimum absolute atomic E-state index is 0.0173. The molecule has 37 heavy (non-hydrogen) atoms. The summed E-state index contributed by atoms with van der Waals surface area (Å²) in [4.78, 5) is 5.01. The first-order chi connectivity index (χ1) is 18.1. The molecule has 1 aromatic heterocycles. The zero-order valence-corrected chi connectivity index (χ0v) is 21.9. The highest BCUT2D eigenvalue weighted by Gasteiger charge is 2.36. The first-order valence-corrected chi connectivity index (χ1v) is 12.9. The number of para-hydroxylation sites is 1. The molecule has 4 aromatic rings. The Balaban J connectivity index is 1.52. The normalized spacial score (nSPS) is 17.4. The van der Waals surface area contributed by atoms with Crippen molar-refractivity contribution in [1.29, 1.82) is 0 Å². The van der Waals surface area contributed by atoms with Crippen molar-refractivity contribution in [1.82, 2.24) is 4.98 Å². The largest absolute Gasteiger partial charge is 0.494 e. The first-order valence-electron chi connectivity index (χ1n) is 12.9. The van der Waals surface area contributed by atoms with Crippen LogP contribution >= 0.6 is 0 Å². The molecule has 2 atom stereocenters. The van der Waals surface area contributed by atoms with E-state index in [2.05, 4.69) is 79.5 Å². The third-order valence-electron chi connectivity index (χ3n) is 6.74. The van der Waals surface area contributed by atoms with E-state index in [4.69, 9.17) is 19.6 Å².